The van der Waals surface area contributed by atoms with Gasteiger partial charge < -0.3 is 9.84 Å². The van der Waals surface area contributed by atoms with Gasteiger partial charge in [-0.05, 0) is 19.1 Å². The van der Waals surface area contributed by atoms with Crippen molar-refractivity contribution >= 4 is 33.7 Å². The molecule has 0 radical (unpaired) electrons. The van der Waals surface area contributed by atoms with Crippen LogP contribution in [0.5, 0.6) is 0 Å². The molecule has 0 spiro atoms. The first kappa shape index (κ1) is 15.3. The Labute approximate surface area is 109 Å². The molecule has 1 heterocycles. The Morgan fingerprint density at radius 3 is 2.61 bits per heavy atom. The van der Waals surface area contributed by atoms with Gasteiger partial charge in [-0.15, -0.1) is 0 Å². The van der Waals surface area contributed by atoms with Gasteiger partial charge in [0.05, 0.1) is 6.61 Å². The van der Waals surface area contributed by atoms with Crippen molar-refractivity contribution in [2.24, 2.45) is 0 Å². The number of hydrogen-bond acceptors (Lipinski definition) is 6. The van der Waals surface area contributed by atoms with E-state index in [4.69, 9.17) is 5.11 Å². The van der Waals surface area contributed by atoms with Gasteiger partial charge in [0.2, 0.25) is 10.0 Å². The third-order valence-corrected chi connectivity index (χ3v) is 4.90. The van der Waals surface area contributed by atoms with Gasteiger partial charge in [0.15, 0.2) is 5.75 Å². The second kappa shape index (κ2) is 5.89. The predicted octanol–water partition coefficient (Wildman–Crippen LogP) is -0.571. The van der Waals surface area contributed by atoms with Gasteiger partial charge in [-0.25, -0.2) is 8.42 Å². The first-order valence-corrected chi connectivity index (χ1v) is 8.10. The quantitative estimate of drug-likeness (QED) is 0.632. The zero-order valence-electron chi connectivity index (χ0n) is 9.84. The summed E-state index contributed by atoms with van der Waals surface area (Å²) in [4.78, 5) is 22.3. The molecule has 0 aromatic rings. The van der Waals surface area contributed by atoms with Gasteiger partial charge in [-0.2, -0.15) is 16.5 Å². The van der Waals surface area contributed by atoms with Crippen molar-refractivity contribution < 1.29 is 27.9 Å². The first-order chi connectivity index (χ1) is 8.31. The van der Waals surface area contributed by atoms with Crippen LogP contribution in [0.15, 0.2) is 0 Å². The Morgan fingerprint density at radius 2 is 2.17 bits per heavy atom. The molecule has 0 aromatic heterocycles. The maximum absolute atomic E-state index is 11.7. The highest BCUT2D eigenvalue weighted by Gasteiger charge is 2.45. The van der Waals surface area contributed by atoms with Crippen LogP contribution in [0.1, 0.15) is 13.3 Å². The van der Waals surface area contributed by atoms with Crippen LogP contribution < -0.4 is 4.72 Å². The summed E-state index contributed by atoms with van der Waals surface area (Å²) >= 11 is 1.36. The molecule has 1 rings (SSSR count). The number of nitrogens with one attached hydrogen (secondary N) is 1. The van der Waals surface area contributed by atoms with Crippen LogP contribution in [0.4, 0.5) is 0 Å². The van der Waals surface area contributed by atoms with Gasteiger partial charge >= 0.3 is 11.9 Å². The smallest absolute Gasteiger partial charge is 0.325 e. The van der Waals surface area contributed by atoms with Crippen LogP contribution in [0.2, 0.25) is 0 Å². The molecule has 0 aromatic carbocycles. The lowest BCUT2D eigenvalue weighted by Crippen LogP contribution is -2.55. The zero-order valence-corrected chi connectivity index (χ0v) is 11.5. The molecule has 1 unspecified atom stereocenters. The van der Waals surface area contributed by atoms with Crippen molar-refractivity contribution in [1.29, 1.82) is 0 Å². The van der Waals surface area contributed by atoms with E-state index in [0.717, 1.165) is 0 Å². The number of carbonyl (C=O) groups excluding carboxylic acids is 1. The van der Waals surface area contributed by atoms with Gasteiger partial charge in [0.25, 0.3) is 0 Å². The van der Waals surface area contributed by atoms with Crippen LogP contribution in [-0.2, 0) is 24.3 Å². The van der Waals surface area contributed by atoms with Crippen LogP contribution in [0.3, 0.4) is 0 Å². The number of rotatable bonds is 6. The van der Waals surface area contributed by atoms with E-state index in [1.54, 1.807) is 6.92 Å². The molecule has 1 aliphatic rings. The number of aliphatic carboxylic acids is 1. The standard InChI is InChI=1S/C9H15NO6S2/c1-2-16-7(11)5-18(14,15)10-9(8(12)13)3-4-17-6-9/h10H,2-6H2,1H3,(H,12,13). The number of thioether (sulfide) groups is 1. The molecule has 0 amide bonds. The first-order valence-electron chi connectivity index (χ1n) is 5.30. The SMILES string of the molecule is CCOC(=O)CS(=O)(=O)NC1(C(=O)O)CCSC1. The van der Waals surface area contributed by atoms with Crippen molar-refractivity contribution in [2.75, 3.05) is 23.9 Å². The van der Waals surface area contributed by atoms with Crippen molar-refractivity contribution in [1.82, 2.24) is 4.72 Å². The van der Waals surface area contributed by atoms with E-state index >= 15 is 0 Å². The minimum absolute atomic E-state index is 0.0777. The summed E-state index contributed by atoms with van der Waals surface area (Å²) in [5, 5.41) is 9.11. The molecule has 9 heteroatoms. The minimum atomic E-state index is -4.01. The number of carbonyl (C=O) groups is 2. The lowest BCUT2D eigenvalue weighted by molar-refractivity contribution is -0.143. The molecule has 1 aliphatic heterocycles. The Bertz CT molecular complexity index is 426. The highest BCUT2D eigenvalue weighted by atomic mass is 32.2. The predicted molar refractivity (Wildman–Crippen MR) is 65.9 cm³/mol. The second-order valence-corrected chi connectivity index (χ2v) is 6.68. The van der Waals surface area contributed by atoms with Gasteiger partial charge in [0.1, 0.15) is 5.54 Å². The Hall–Kier alpha value is -0.800. The number of ether oxygens (including phenoxy) is 1. The number of esters is 1. The van der Waals surface area contributed by atoms with Crippen molar-refractivity contribution in [3.05, 3.63) is 0 Å². The fourth-order valence-electron chi connectivity index (χ4n) is 1.55. The monoisotopic (exact) mass is 297 g/mol. The minimum Gasteiger partial charge on any atom is -0.480 e. The third-order valence-electron chi connectivity index (χ3n) is 2.40. The Kier molecular flexibility index (Phi) is 5.00. The summed E-state index contributed by atoms with van der Waals surface area (Å²) in [6, 6.07) is 0. The van der Waals surface area contributed by atoms with Crippen molar-refractivity contribution in [3.8, 4) is 0 Å². The van der Waals surface area contributed by atoms with Gasteiger partial charge in [0, 0.05) is 5.75 Å². The third kappa shape index (κ3) is 3.85. The summed E-state index contributed by atoms with van der Waals surface area (Å²) in [6.45, 7) is 1.64. The van der Waals surface area contributed by atoms with Crippen LogP contribution in [-0.4, -0.2) is 54.9 Å². The fourth-order valence-corrected chi connectivity index (χ4v) is 4.29. The number of carboxylic acids is 1. The van der Waals surface area contributed by atoms with Crippen molar-refractivity contribution in [3.63, 3.8) is 0 Å². The molecular formula is C9H15NO6S2. The Balaban J connectivity index is 2.75. The van der Waals surface area contributed by atoms with Gasteiger partial charge in [-0.1, -0.05) is 0 Å². The maximum Gasteiger partial charge on any atom is 0.325 e. The number of sulfonamides is 1. The molecule has 1 saturated heterocycles. The summed E-state index contributed by atoms with van der Waals surface area (Å²) in [7, 11) is -4.01. The lowest BCUT2D eigenvalue weighted by Gasteiger charge is -2.23. The topological polar surface area (TPSA) is 110 Å². The molecule has 0 aliphatic carbocycles. The fraction of sp³-hybridized carbons (Fsp3) is 0.778. The molecule has 104 valence electrons. The van der Waals surface area contributed by atoms with Crippen LogP contribution in [0, 0.1) is 0 Å². The maximum atomic E-state index is 11.7. The summed E-state index contributed by atoms with van der Waals surface area (Å²) in [6.07, 6.45) is 0.203. The van der Waals surface area contributed by atoms with E-state index < -0.39 is 33.3 Å². The molecule has 1 atom stereocenters. The molecular weight excluding hydrogens is 282 g/mol. The molecule has 7 nitrogen and oxygen atoms in total. The summed E-state index contributed by atoms with van der Waals surface area (Å²) in [5.74, 6) is -2.25. The number of hydrogen-bond donors (Lipinski definition) is 2. The molecule has 1 fully saturated rings. The molecule has 0 saturated carbocycles. The normalized spacial score (nSPS) is 23.8. The highest BCUT2D eigenvalue weighted by molar-refractivity contribution is 7.99. The van der Waals surface area contributed by atoms with Crippen LogP contribution >= 0.6 is 11.8 Å². The van der Waals surface area contributed by atoms with Gasteiger partial charge in [-0.3, -0.25) is 9.59 Å². The van der Waals surface area contributed by atoms with E-state index in [1.807, 2.05) is 0 Å². The average molecular weight is 297 g/mol. The Morgan fingerprint density at radius 1 is 1.50 bits per heavy atom. The number of carboxylic acid groups (broad SMARTS) is 1. The second-order valence-electron chi connectivity index (χ2n) is 3.86. The van der Waals surface area contributed by atoms with Crippen LogP contribution in [0.25, 0.3) is 0 Å². The average Bonchev–Trinajstić information content (AvgIpc) is 2.65. The summed E-state index contributed by atoms with van der Waals surface area (Å²) in [5.41, 5.74) is -1.50. The largest absolute Gasteiger partial charge is 0.480 e. The van der Waals surface area contributed by atoms with Crippen molar-refractivity contribution in [2.45, 2.75) is 18.9 Å². The molecule has 0 bridgehead atoms. The van der Waals surface area contributed by atoms with E-state index in [1.165, 1.54) is 11.8 Å². The molecule has 2 N–H and O–H groups in total. The lowest BCUT2D eigenvalue weighted by atomic mass is 10.0. The summed E-state index contributed by atoms with van der Waals surface area (Å²) < 4.78 is 30.0. The van der Waals surface area contributed by atoms with E-state index in [-0.39, 0.29) is 18.8 Å². The van der Waals surface area contributed by atoms with E-state index in [0.29, 0.717) is 5.75 Å². The van der Waals surface area contributed by atoms with E-state index in [9.17, 15) is 18.0 Å². The zero-order chi connectivity index (χ0) is 13.8. The highest BCUT2D eigenvalue weighted by Crippen LogP contribution is 2.29. The molecule has 18 heavy (non-hydrogen) atoms. The van der Waals surface area contributed by atoms with E-state index in [2.05, 4.69) is 9.46 Å².